The molecule has 2 heterocycles. The van der Waals surface area contributed by atoms with Gasteiger partial charge >= 0.3 is 0 Å². The van der Waals surface area contributed by atoms with Crippen molar-refractivity contribution in [3.8, 4) is 12.3 Å². The first kappa shape index (κ1) is 10.7. The summed E-state index contributed by atoms with van der Waals surface area (Å²) in [6, 6.07) is 0. The summed E-state index contributed by atoms with van der Waals surface area (Å²) in [5.41, 5.74) is 0.624. The highest BCUT2D eigenvalue weighted by Crippen LogP contribution is 2.19. The second-order valence-electron chi connectivity index (χ2n) is 3.21. The molecule has 0 radical (unpaired) electrons. The molecule has 0 aromatic carbocycles. The smallest absolute Gasteiger partial charge is 0.226 e. The van der Waals surface area contributed by atoms with Crippen molar-refractivity contribution in [2.75, 3.05) is 11.9 Å². The molecule has 2 N–H and O–H groups in total. The standard InChI is InChI=1S/C10H10ClN5/c1-2-3-4-5-12-8-7-6-13-16-9(7)15-10(11)14-8/h1,6H,3-5H2,(H2,12,13,14,15,16). The lowest BCUT2D eigenvalue weighted by molar-refractivity contribution is 0.902. The molecule has 0 atom stereocenters. The van der Waals surface area contributed by atoms with Crippen molar-refractivity contribution in [3.05, 3.63) is 11.5 Å². The molecule has 0 fully saturated rings. The van der Waals surface area contributed by atoms with Crippen LogP contribution in [0.25, 0.3) is 11.0 Å². The molecule has 2 aromatic rings. The molecule has 5 nitrogen and oxygen atoms in total. The fraction of sp³-hybridized carbons (Fsp3) is 0.300. The molecule has 0 aliphatic heterocycles. The Hall–Kier alpha value is -1.80. The first-order chi connectivity index (χ1) is 7.81. The average Bonchev–Trinajstić information content (AvgIpc) is 2.72. The van der Waals surface area contributed by atoms with Gasteiger partial charge in [-0.3, -0.25) is 5.10 Å². The second kappa shape index (κ2) is 4.81. The van der Waals surface area contributed by atoms with E-state index >= 15 is 0 Å². The van der Waals surface area contributed by atoms with Crippen molar-refractivity contribution in [1.82, 2.24) is 20.2 Å². The van der Waals surface area contributed by atoms with Crippen LogP contribution in [0.2, 0.25) is 5.28 Å². The van der Waals surface area contributed by atoms with Crippen molar-refractivity contribution >= 4 is 28.5 Å². The summed E-state index contributed by atoms with van der Waals surface area (Å²) in [6.45, 7) is 0.748. The molecule has 0 amide bonds. The Morgan fingerprint density at radius 1 is 1.50 bits per heavy atom. The van der Waals surface area contributed by atoms with Crippen molar-refractivity contribution in [3.63, 3.8) is 0 Å². The van der Waals surface area contributed by atoms with Crippen molar-refractivity contribution < 1.29 is 0 Å². The van der Waals surface area contributed by atoms with E-state index in [0.717, 1.165) is 24.8 Å². The number of halogens is 1. The minimum Gasteiger partial charge on any atom is -0.369 e. The number of H-pyrrole nitrogens is 1. The first-order valence-electron chi connectivity index (χ1n) is 4.85. The molecule has 6 heteroatoms. The number of nitrogens with one attached hydrogen (secondary N) is 2. The average molecular weight is 236 g/mol. The van der Waals surface area contributed by atoms with Gasteiger partial charge in [0, 0.05) is 13.0 Å². The minimum absolute atomic E-state index is 0.191. The Morgan fingerprint density at radius 3 is 3.19 bits per heavy atom. The van der Waals surface area contributed by atoms with Crippen LogP contribution in [-0.2, 0) is 0 Å². The SMILES string of the molecule is C#CCCCNc1nc(Cl)nc2[nH]ncc12. The Labute approximate surface area is 97.6 Å². The Balaban J connectivity index is 2.16. The Morgan fingerprint density at radius 2 is 2.38 bits per heavy atom. The molecular weight excluding hydrogens is 226 g/mol. The minimum atomic E-state index is 0.191. The number of aromatic amines is 1. The van der Waals surface area contributed by atoms with Gasteiger partial charge in [-0.25, -0.2) is 0 Å². The Kier molecular flexibility index (Phi) is 3.22. The van der Waals surface area contributed by atoms with Crippen molar-refractivity contribution in [2.24, 2.45) is 0 Å². The lowest BCUT2D eigenvalue weighted by Crippen LogP contribution is -2.04. The normalized spacial score (nSPS) is 10.2. The van der Waals surface area contributed by atoms with Gasteiger partial charge in [0.25, 0.3) is 0 Å². The summed E-state index contributed by atoms with van der Waals surface area (Å²) in [5, 5.41) is 10.8. The van der Waals surface area contributed by atoms with E-state index < -0.39 is 0 Å². The third-order valence-corrected chi connectivity index (χ3v) is 2.24. The van der Waals surface area contributed by atoms with Gasteiger partial charge in [0.2, 0.25) is 5.28 Å². The fourth-order valence-electron chi connectivity index (χ4n) is 1.34. The van der Waals surface area contributed by atoms with Crippen LogP contribution in [0, 0.1) is 12.3 Å². The molecule has 2 aromatic heterocycles. The highest BCUT2D eigenvalue weighted by molar-refractivity contribution is 6.28. The van der Waals surface area contributed by atoms with Gasteiger partial charge in [-0.05, 0) is 18.0 Å². The number of terminal acetylenes is 1. The van der Waals surface area contributed by atoms with E-state index in [1.54, 1.807) is 6.20 Å². The molecule has 0 aliphatic rings. The molecule has 0 bridgehead atoms. The van der Waals surface area contributed by atoms with Crippen LogP contribution < -0.4 is 5.32 Å². The van der Waals surface area contributed by atoms with Gasteiger partial charge in [-0.1, -0.05) is 0 Å². The summed E-state index contributed by atoms with van der Waals surface area (Å²) >= 11 is 5.78. The zero-order valence-corrected chi connectivity index (χ0v) is 9.25. The Bertz CT molecular complexity index is 527. The highest BCUT2D eigenvalue weighted by atomic mass is 35.5. The number of nitrogens with zero attached hydrogens (tertiary/aromatic N) is 3. The fourth-order valence-corrected chi connectivity index (χ4v) is 1.51. The molecule has 0 aliphatic carbocycles. The number of hydrogen-bond donors (Lipinski definition) is 2. The van der Waals surface area contributed by atoms with Crippen LogP contribution in [-0.4, -0.2) is 26.7 Å². The topological polar surface area (TPSA) is 66.5 Å². The molecule has 0 spiro atoms. The predicted molar refractivity (Wildman–Crippen MR) is 63.3 cm³/mol. The van der Waals surface area contributed by atoms with Crippen LogP contribution in [0.1, 0.15) is 12.8 Å². The number of aromatic nitrogens is 4. The van der Waals surface area contributed by atoms with E-state index in [1.807, 2.05) is 0 Å². The maximum absolute atomic E-state index is 5.78. The van der Waals surface area contributed by atoms with Gasteiger partial charge < -0.3 is 5.32 Å². The zero-order chi connectivity index (χ0) is 11.4. The summed E-state index contributed by atoms with van der Waals surface area (Å²) in [4.78, 5) is 8.11. The summed E-state index contributed by atoms with van der Waals surface area (Å²) < 4.78 is 0. The van der Waals surface area contributed by atoms with Gasteiger partial charge in [0.15, 0.2) is 5.65 Å². The maximum Gasteiger partial charge on any atom is 0.226 e. The number of anilines is 1. The molecule has 0 unspecified atom stereocenters. The highest BCUT2D eigenvalue weighted by Gasteiger charge is 2.07. The third-order valence-electron chi connectivity index (χ3n) is 2.07. The zero-order valence-electron chi connectivity index (χ0n) is 8.50. The van der Waals surface area contributed by atoms with Crippen molar-refractivity contribution in [1.29, 1.82) is 0 Å². The lowest BCUT2D eigenvalue weighted by Gasteiger charge is -2.04. The van der Waals surface area contributed by atoms with Gasteiger partial charge in [-0.2, -0.15) is 15.1 Å². The van der Waals surface area contributed by atoms with Gasteiger partial charge in [0.05, 0.1) is 11.6 Å². The maximum atomic E-state index is 5.78. The quantitative estimate of drug-likeness (QED) is 0.482. The van der Waals surface area contributed by atoms with E-state index in [0.29, 0.717) is 11.5 Å². The molecule has 0 saturated carbocycles. The van der Waals surface area contributed by atoms with Crippen LogP contribution in [0.15, 0.2) is 6.20 Å². The van der Waals surface area contributed by atoms with E-state index in [4.69, 9.17) is 18.0 Å². The number of hydrogen-bond acceptors (Lipinski definition) is 4. The number of unbranched alkanes of at least 4 members (excludes halogenated alkanes) is 1. The third kappa shape index (κ3) is 2.23. The summed E-state index contributed by atoms with van der Waals surface area (Å²) in [6.07, 6.45) is 8.45. The van der Waals surface area contributed by atoms with Crippen LogP contribution in [0.4, 0.5) is 5.82 Å². The summed E-state index contributed by atoms with van der Waals surface area (Å²) in [5.74, 6) is 3.26. The van der Waals surface area contributed by atoms with Gasteiger partial charge in [-0.15, -0.1) is 12.3 Å². The van der Waals surface area contributed by atoms with E-state index in [-0.39, 0.29) is 5.28 Å². The van der Waals surface area contributed by atoms with E-state index in [1.165, 1.54) is 0 Å². The molecule has 2 rings (SSSR count). The molecule has 16 heavy (non-hydrogen) atoms. The van der Waals surface area contributed by atoms with Gasteiger partial charge in [0.1, 0.15) is 5.82 Å². The van der Waals surface area contributed by atoms with E-state index in [2.05, 4.69) is 31.4 Å². The lowest BCUT2D eigenvalue weighted by atomic mass is 10.3. The van der Waals surface area contributed by atoms with E-state index in [9.17, 15) is 0 Å². The largest absolute Gasteiger partial charge is 0.369 e. The second-order valence-corrected chi connectivity index (χ2v) is 3.55. The number of rotatable bonds is 4. The first-order valence-corrected chi connectivity index (χ1v) is 5.23. The number of fused-ring (bicyclic) bond motifs is 1. The van der Waals surface area contributed by atoms with Crippen LogP contribution in [0.3, 0.4) is 0 Å². The van der Waals surface area contributed by atoms with Crippen molar-refractivity contribution in [2.45, 2.75) is 12.8 Å². The molecular formula is C10H10ClN5. The molecule has 82 valence electrons. The predicted octanol–water partition coefficient (Wildman–Crippen LogP) is 1.83. The molecule has 0 saturated heterocycles. The van der Waals surface area contributed by atoms with Crippen LogP contribution >= 0.6 is 11.6 Å². The monoisotopic (exact) mass is 235 g/mol. The van der Waals surface area contributed by atoms with Crippen LogP contribution in [0.5, 0.6) is 0 Å². The summed E-state index contributed by atoms with van der Waals surface area (Å²) in [7, 11) is 0.